The zero-order chi connectivity index (χ0) is 13.8. The number of hydrogen-bond donors (Lipinski definition) is 2. The molecule has 2 N–H and O–H groups in total. The average Bonchev–Trinajstić information content (AvgIpc) is 2.41. The lowest BCUT2D eigenvalue weighted by molar-refractivity contribution is -0.384. The van der Waals surface area contributed by atoms with Crippen molar-refractivity contribution in [2.24, 2.45) is 5.92 Å². The molecule has 1 aromatic carbocycles. The van der Waals surface area contributed by atoms with Crippen molar-refractivity contribution in [2.45, 2.75) is 12.8 Å². The fourth-order valence-electron chi connectivity index (χ4n) is 2.07. The van der Waals surface area contributed by atoms with E-state index in [1.165, 1.54) is 12.1 Å². The second-order valence-electron chi connectivity index (χ2n) is 4.45. The van der Waals surface area contributed by atoms with E-state index in [0.717, 1.165) is 19.4 Å². The van der Waals surface area contributed by atoms with Gasteiger partial charge in [-0.15, -0.1) is 0 Å². The highest BCUT2D eigenvalue weighted by Gasteiger charge is 2.23. The van der Waals surface area contributed by atoms with Crippen LogP contribution in [0.15, 0.2) is 22.7 Å². The normalized spacial score (nSPS) is 18.9. The number of amides is 1. The molecule has 1 aromatic rings. The van der Waals surface area contributed by atoms with E-state index in [1.807, 2.05) is 0 Å². The van der Waals surface area contributed by atoms with Gasteiger partial charge in [0.2, 0.25) is 5.91 Å². The number of rotatable bonds is 3. The Kier molecular flexibility index (Phi) is 4.49. The van der Waals surface area contributed by atoms with Crippen LogP contribution in [0.5, 0.6) is 0 Å². The van der Waals surface area contributed by atoms with Crippen LogP contribution in [-0.4, -0.2) is 23.9 Å². The van der Waals surface area contributed by atoms with E-state index in [4.69, 9.17) is 0 Å². The molecule has 1 saturated heterocycles. The van der Waals surface area contributed by atoms with Crippen molar-refractivity contribution in [1.29, 1.82) is 0 Å². The van der Waals surface area contributed by atoms with Crippen molar-refractivity contribution in [3.63, 3.8) is 0 Å². The molecule has 0 aromatic heterocycles. The summed E-state index contributed by atoms with van der Waals surface area (Å²) in [5.74, 6) is -0.297. The van der Waals surface area contributed by atoms with Crippen LogP contribution in [0.1, 0.15) is 12.8 Å². The Morgan fingerprint density at radius 1 is 1.53 bits per heavy atom. The van der Waals surface area contributed by atoms with Gasteiger partial charge in [0, 0.05) is 17.1 Å². The summed E-state index contributed by atoms with van der Waals surface area (Å²) in [6.07, 6.45) is 1.75. The number of hydrogen-bond acceptors (Lipinski definition) is 4. The fourth-order valence-corrected chi connectivity index (χ4v) is 2.42. The summed E-state index contributed by atoms with van der Waals surface area (Å²) in [7, 11) is 0. The van der Waals surface area contributed by atoms with Gasteiger partial charge in [-0.3, -0.25) is 14.9 Å². The third-order valence-corrected chi connectivity index (χ3v) is 3.58. The molecule has 0 radical (unpaired) electrons. The number of nitro benzene ring substituents is 1. The third kappa shape index (κ3) is 3.51. The molecule has 0 saturated carbocycles. The Labute approximate surface area is 118 Å². The first-order valence-corrected chi connectivity index (χ1v) is 6.83. The molecular formula is C12H14BrN3O3. The molecule has 2 rings (SSSR count). The van der Waals surface area contributed by atoms with Gasteiger partial charge in [0.1, 0.15) is 5.69 Å². The number of benzene rings is 1. The second-order valence-corrected chi connectivity index (χ2v) is 5.37. The predicted octanol–water partition coefficient (Wildman–Crippen LogP) is 2.30. The SMILES string of the molecule is O=C(Nc1ccc(Br)cc1[N+](=O)[O-])[C@@H]1CCCNC1. The van der Waals surface area contributed by atoms with Crippen molar-refractivity contribution in [1.82, 2.24) is 5.32 Å². The minimum absolute atomic E-state index is 0.105. The average molecular weight is 328 g/mol. The van der Waals surface area contributed by atoms with Crippen molar-refractivity contribution in [3.8, 4) is 0 Å². The molecule has 1 aliphatic rings. The zero-order valence-corrected chi connectivity index (χ0v) is 11.8. The lowest BCUT2D eigenvalue weighted by Crippen LogP contribution is -2.37. The molecule has 0 unspecified atom stereocenters. The summed E-state index contributed by atoms with van der Waals surface area (Å²) < 4.78 is 0.608. The molecule has 1 heterocycles. The third-order valence-electron chi connectivity index (χ3n) is 3.08. The van der Waals surface area contributed by atoms with Crippen molar-refractivity contribution in [3.05, 3.63) is 32.8 Å². The van der Waals surface area contributed by atoms with Crippen molar-refractivity contribution >= 4 is 33.2 Å². The summed E-state index contributed by atoms with van der Waals surface area (Å²) in [6.45, 7) is 1.54. The number of carbonyl (C=O) groups is 1. The Morgan fingerprint density at radius 3 is 2.95 bits per heavy atom. The van der Waals surface area contributed by atoms with Crippen LogP contribution in [0.25, 0.3) is 0 Å². The van der Waals surface area contributed by atoms with Gasteiger partial charge in [0.15, 0.2) is 0 Å². The van der Waals surface area contributed by atoms with E-state index in [9.17, 15) is 14.9 Å². The van der Waals surface area contributed by atoms with Gasteiger partial charge in [-0.25, -0.2) is 0 Å². The van der Waals surface area contributed by atoms with Crippen LogP contribution in [0.3, 0.4) is 0 Å². The van der Waals surface area contributed by atoms with Crippen LogP contribution in [0, 0.1) is 16.0 Å². The van der Waals surface area contributed by atoms with Gasteiger partial charge >= 0.3 is 0 Å². The smallest absolute Gasteiger partial charge is 0.293 e. The van der Waals surface area contributed by atoms with E-state index in [2.05, 4.69) is 26.6 Å². The molecule has 102 valence electrons. The first kappa shape index (κ1) is 14.0. The molecule has 1 fully saturated rings. The summed E-state index contributed by atoms with van der Waals surface area (Å²) in [6, 6.07) is 4.59. The molecule has 0 aliphatic carbocycles. The molecule has 0 spiro atoms. The molecule has 1 atom stereocenters. The van der Waals surface area contributed by atoms with Gasteiger partial charge < -0.3 is 10.6 Å². The van der Waals surface area contributed by atoms with Gasteiger partial charge in [-0.1, -0.05) is 15.9 Å². The van der Waals surface area contributed by atoms with Gasteiger partial charge in [-0.2, -0.15) is 0 Å². The maximum absolute atomic E-state index is 12.0. The number of nitro groups is 1. The Bertz CT molecular complexity index is 501. The topological polar surface area (TPSA) is 84.3 Å². The lowest BCUT2D eigenvalue weighted by atomic mass is 9.99. The number of anilines is 1. The summed E-state index contributed by atoms with van der Waals surface area (Å²) >= 11 is 3.18. The molecule has 1 aliphatic heterocycles. The van der Waals surface area contributed by atoms with Crippen LogP contribution < -0.4 is 10.6 Å². The molecular weight excluding hydrogens is 314 g/mol. The number of nitrogens with one attached hydrogen (secondary N) is 2. The number of halogens is 1. The number of piperidine rings is 1. The molecule has 1 amide bonds. The fraction of sp³-hybridized carbons (Fsp3) is 0.417. The highest BCUT2D eigenvalue weighted by atomic mass is 79.9. The van der Waals surface area contributed by atoms with E-state index in [1.54, 1.807) is 6.07 Å². The van der Waals surface area contributed by atoms with Gasteiger partial charge in [0.05, 0.1) is 10.8 Å². The second kappa shape index (κ2) is 6.12. The quantitative estimate of drug-likeness (QED) is 0.659. The first-order valence-electron chi connectivity index (χ1n) is 6.03. The molecule has 7 heteroatoms. The maximum Gasteiger partial charge on any atom is 0.293 e. The highest BCUT2D eigenvalue weighted by molar-refractivity contribution is 9.10. The minimum atomic E-state index is -0.501. The largest absolute Gasteiger partial charge is 0.320 e. The Morgan fingerprint density at radius 2 is 2.32 bits per heavy atom. The summed E-state index contributed by atoms with van der Waals surface area (Å²) in [5, 5.41) is 16.7. The zero-order valence-electron chi connectivity index (χ0n) is 10.2. The summed E-state index contributed by atoms with van der Waals surface area (Å²) in [4.78, 5) is 22.5. The van der Waals surface area contributed by atoms with Crippen LogP contribution >= 0.6 is 15.9 Å². The predicted molar refractivity (Wildman–Crippen MR) is 75.0 cm³/mol. The first-order chi connectivity index (χ1) is 9.08. The maximum atomic E-state index is 12.0. The Balaban J connectivity index is 2.13. The van der Waals surface area contributed by atoms with Gasteiger partial charge in [-0.05, 0) is 31.5 Å². The lowest BCUT2D eigenvalue weighted by Gasteiger charge is -2.21. The van der Waals surface area contributed by atoms with Crippen molar-refractivity contribution in [2.75, 3.05) is 18.4 Å². The molecule has 6 nitrogen and oxygen atoms in total. The van der Waals surface area contributed by atoms with E-state index < -0.39 is 4.92 Å². The van der Waals surface area contributed by atoms with E-state index in [-0.39, 0.29) is 23.2 Å². The van der Waals surface area contributed by atoms with Crippen LogP contribution in [0.4, 0.5) is 11.4 Å². The Hall–Kier alpha value is -1.47. The monoisotopic (exact) mass is 327 g/mol. The van der Waals surface area contributed by atoms with Crippen molar-refractivity contribution < 1.29 is 9.72 Å². The van der Waals surface area contributed by atoms with Crippen LogP contribution in [-0.2, 0) is 4.79 Å². The molecule has 19 heavy (non-hydrogen) atoms. The molecule has 0 bridgehead atoms. The van der Waals surface area contributed by atoms with Gasteiger partial charge in [0.25, 0.3) is 5.69 Å². The van der Waals surface area contributed by atoms with E-state index in [0.29, 0.717) is 11.0 Å². The minimum Gasteiger partial charge on any atom is -0.320 e. The number of carbonyl (C=O) groups excluding carboxylic acids is 1. The standard InChI is InChI=1S/C12H14BrN3O3/c13-9-3-4-10(11(6-9)16(18)19)15-12(17)8-2-1-5-14-7-8/h3-4,6,8,14H,1-2,5,7H2,(H,15,17)/t8-/m1/s1. The number of nitrogens with zero attached hydrogens (tertiary/aromatic N) is 1. The van der Waals surface area contributed by atoms with E-state index >= 15 is 0 Å². The summed E-state index contributed by atoms with van der Waals surface area (Å²) in [5.41, 5.74) is 0.135. The van der Waals surface area contributed by atoms with Crippen LogP contribution in [0.2, 0.25) is 0 Å². The highest BCUT2D eigenvalue weighted by Crippen LogP contribution is 2.28.